The summed E-state index contributed by atoms with van der Waals surface area (Å²) in [5.74, 6) is -0.443. The molecule has 0 aliphatic carbocycles. The van der Waals surface area contributed by atoms with Gasteiger partial charge >= 0.3 is 52.8 Å². The van der Waals surface area contributed by atoms with Crippen LogP contribution in [0.5, 0.6) is 0 Å². The van der Waals surface area contributed by atoms with Crippen molar-refractivity contribution in [1.82, 2.24) is 4.72 Å². The van der Waals surface area contributed by atoms with Gasteiger partial charge < -0.3 is 5.73 Å². The molecule has 3 N–H and O–H groups in total. The van der Waals surface area contributed by atoms with Crippen LogP contribution < -0.4 is 61.8 Å². The molecule has 172 valence electrons. The van der Waals surface area contributed by atoms with Crippen molar-refractivity contribution >= 4 is 21.6 Å². The molecule has 31 heavy (non-hydrogen) atoms. The monoisotopic (exact) mass is 478 g/mol. The maximum Gasteiger partial charge on any atom is 1.00 e. The Hall–Kier alpha value is 0.0764. The zero-order valence-corrected chi connectivity index (χ0v) is 23.8. The number of nitrogens with one attached hydrogen (secondary N) is 1. The zero-order chi connectivity index (χ0) is 22.1. The first-order chi connectivity index (χ1) is 14.5. The van der Waals surface area contributed by atoms with E-state index < -0.39 is 15.9 Å². The van der Waals surface area contributed by atoms with E-state index in [1.54, 1.807) is 0 Å². The van der Waals surface area contributed by atoms with E-state index in [9.17, 15) is 13.2 Å². The van der Waals surface area contributed by atoms with Crippen molar-refractivity contribution in [2.75, 3.05) is 5.73 Å². The quantitative estimate of drug-likeness (QED) is 0.192. The molecule has 1 aromatic carbocycles. The summed E-state index contributed by atoms with van der Waals surface area (Å²) in [5, 5.41) is 0. The number of unbranched alkanes of at least 4 members (excludes halogenated alkanes) is 14. The Kier molecular flexibility index (Phi) is 19.6. The van der Waals surface area contributed by atoms with Crippen LogP contribution in [0.4, 0.5) is 5.69 Å². The molecule has 0 aromatic heterocycles. The normalized spacial score (nSPS) is 11.1. The number of carbonyl (C=O) groups is 1. The van der Waals surface area contributed by atoms with E-state index in [0.29, 0.717) is 5.69 Å². The van der Waals surface area contributed by atoms with Crippen LogP contribution in [0.2, 0.25) is 0 Å². The topological polar surface area (TPSA) is 89.3 Å². The third-order valence-electron chi connectivity index (χ3n) is 5.45. The third kappa shape index (κ3) is 16.4. The number of nitrogen functional groups attached to an aromatic ring is 1. The summed E-state index contributed by atoms with van der Waals surface area (Å²) in [7, 11) is -3.80. The Morgan fingerprint density at radius 3 is 1.58 bits per heavy atom. The van der Waals surface area contributed by atoms with E-state index in [2.05, 4.69) is 11.6 Å². The first kappa shape index (κ1) is 31.1. The molecule has 1 rings (SSSR count). The first-order valence-corrected chi connectivity index (χ1v) is 13.3. The Balaban J connectivity index is 0. The average molecular weight is 479 g/mol. The minimum absolute atomic E-state index is 0. The Bertz CT molecular complexity index is 685. The number of hydrogen-bond acceptors (Lipinski definition) is 4. The van der Waals surface area contributed by atoms with Gasteiger partial charge in [-0.1, -0.05) is 96.8 Å². The van der Waals surface area contributed by atoms with Crippen LogP contribution in [0.25, 0.3) is 0 Å². The number of hydrogen-bond donors (Lipinski definition) is 2. The van der Waals surface area contributed by atoms with Crippen LogP contribution in [0.1, 0.15) is 111 Å². The summed E-state index contributed by atoms with van der Waals surface area (Å²) in [5.41, 5.74) is 6.04. The van der Waals surface area contributed by atoms with Crippen molar-refractivity contribution in [3.05, 3.63) is 24.3 Å². The molecule has 0 bridgehead atoms. The molecule has 1 amide bonds. The summed E-state index contributed by atoms with van der Waals surface area (Å²) in [6.45, 7) is 2.26. The minimum atomic E-state index is -3.80. The van der Waals surface area contributed by atoms with Crippen molar-refractivity contribution in [3.63, 3.8) is 0 Å². The zero-order valence-electron chi connectivity index (χ0n) is 20.8. The van der Waals surface area contributed by atoms with Gasteiger partial charge in [0.05, 0.1) is 4.90 Å². The maximum absolute atomic E-state index is 12.1. The first-order valence-electron chi connectivity index (χ1n) is 11.9. The molecule has 0 saturated heterocycles. The second-order valence-electron chi connectivity index (χ2n) is 8.30. The van der Waals surface area contributed by atoms with Crippen LogP contribution in [0, 0.1) is 0 Å². The van der Waals surface area contributed by atoms with Gasteiger partial charge in [-0.15, -0.1) is 0 Å². The molecular weight excluding hydrogens is 435 g/mol. The smallest absolute Gasteiger partial charge is 0.399 e. The predicted molar refractivity (Wildman–Crippen MR) is 127 cm³/mol. The van der Waals surface area contributed by atoms with Gasteiger partial charge in [0, 0.05) is 12.1 Å². The third-order valence-corrected chi connectivity index (χ3v) is 6.84. The van der Waals surface area contributed by atoms with Gasteiger partial charge in [-0.05, 0) is 30.7 Å². The largest absolute Gasteiger partial charge is 1.00 e. The Morgan fingerprint density at radius 2 is 1.16 bits per heavy atom. The number of amides is 1. The molecule has 0 radical (unpaired) electrons. The molecule has 0 aliphatic rings. The second kappa shape index (κ2) is 19.5. The maximum atomic E-state index is 12.1. The molecule has 7 heteroatoms. The van der Waals surface area contributed by atoms with Crippen LogP contribution in [0.15, 0.2) is 29.2 Å². The van der Waals surface area contributed by atoms with Gasteiger partial charge in [-0.25, -0.2) is 13.1 Å². The fourth-order valence-corrected chi connectivity index (χ4v) is 4.58. The van der Waals surface area contributed by atoms with Gasteiger partial charge in [-0.2, -0.15) is 0 Å². The number of nitrogens with two attached hydrogens (primary N) is 1. The van der Waals surface area contributed by atoms with Gasteiger partial charge in [-0.3, -0.25) is 4.79 Å². The molecular formula is C24H43KN2O3S+2. The van der Waals surface area contributed by atoms with Crippen LogP contribution in [-0.4, -0.2) is 14.3 Å². The van der Waals surface area contributed by atoms with E-state index >= 15 is 0 Å². The van der Waals surface area contributed by atoms with Crippen molar-refractivity contribution in [2.24, 2.45) is 0 Å². The standard InChI is InChI=1S/C24H42N2O3S.K/c1-2-3-4-5-6-7-8-9-10-11-12-13-14-15-16-17-24(27)26-30(28,29)23-20-18-22(25)19-21-23;/h18-21H,2-17,25H2,1H3,(H,26,27);/q;+1/p+1. The number of sulfonamides is 1. The van der Waals surface area contributed by atoms with Gasteiger partial charge in [0.25, 0.3) is 10.0 Å². The summed E-state index contributed by atoms with van der Waals surface area (Å²) >= 11 is 0. The molecule has 0 unspecified atom stereocenters. The summed E-state index contributed by atoms with van der Waals surface area (Å²) in [6, 6.07) is 5.82. The summed E-state index contributed by atoms with van der Waals surface area (Å²) in [4.78, 5) is 12.0. The summed E-state index contributed by atoms with van der Waals surface area (Å²) in [6.07, 6.45) is 19.2. The van der Waals surface area contributed by atoms with Gasteiger partial charge in [0.2, 0.25) is 5.91 Å². The molecule has 0 saturated carbocycles. The van der Waals surface area contributed by atoms with Crippen LogP contribution in [-0.2, 0) is 14.8 Å². The fourth-order valence-electron chi connectivity index (χ4n) is 3.56. The molecule has 0 spiro atoms. The number of benzene rings is 1. The van der Waals surface area contributed by atoms with Gasteiger partial charge in [0.15, 0.2) is 0 Å². The van der Waals surface area contributed by atoms with E-state index in [1.165, 1.54) is 101 Å². The van der Waals surface area contributed by atoms with Crippen molar-refractivity contribution in [3.8, 4) is 0 Å². The number of rotatable bonds is 18. The van der Waals surface area contributed by atoms with E-state index in [4.69, 9.17) is 5.73 Å². The molecule has 0 fully saturated rings. The average Bonchev–Trinajstić information content (AvgIpc) is 2.71. The Labute approximate surface area is 234 Å². The van der Waals surface area contributed by atoms with Crippen LogP contribution >= 0.6 is 0 Å². The molecule has 1 aromatic rings. The van der Waals surface area contributed by atoms with E-state index in [1.807, 2.05) is 0 Å². The van der Waals surface area contributed by atoms with Crippen molar-refractivity contribution in [2.45, 2.75) is 115 Å². The number of carbonyl (C=O) groups excluding carboxylic acids is 1. The molecule has 5 nitrogen and oxygen atoms in total. The minimum Gasteiger partial charge on any atom is -0.399 e. The Morgan fingerprint density at radius 1 is 0.774 bits per heavy atom. The van der Waals surface area contributed by atoms with Gasteiger partial charge in [0.1, 0.15) is 0 Å². The number of anilines is 1. The molecule has 0 aliphatic heterocycles. The molecule has 0 atom stereocenters. The SMILES string of the molecule is CCCCCCCCCCCCCCCCCC(=O)NS(=O)(=O)c1ccc(N)cc1.[H+].[K+]. The van der Waals surface area contributed by atoms with Crippen LogP contribution in [0.3, 0.4) is 0 Å². The van der Waals surface area contributed by atoms with E-state index in [-0.39, 0.29) is 64.1 Å². The predicted octanol–water partition coefficient (Wildman–Crippen LogP) is 3.45. The second-order valence-corrected chi connectivity index (χ2v) is 9.98. The molecule has 0 heterocycles. The fraction of sp³-hybridized carbons (Fsp3) is 0.708. The van der Waals surface area contributed by atoms with Crippen molar-refractivity contribution in [1.29, 1.82) is 0 Å². The van der Waals surface area contributed by atoms with Crippen molar-refractivity contribution < 1.29 is 66.0 Å². The van der Waals surface area contributed by atoms with E-state index in [0.717, 1.165) is 19.3 Å². The summed E-state index contributed by atoms with van der Waals surface area (Å²) < 4.78 is 26.4.